The van der Waals surface area contributed by atoms with Crippen LogP contribution in [0.3, 0.4) is 0 Å². The Morgan fingerprint density at radius 2 is 1.81 bits per heavy atom. The Bertz CT molecular complexity index is 1040. The topological polar surface area (TPSA) is 101 Å². The summed E-state index contributed by atoms with van der Waals surface area (Å²) in [4.78, 5) is 12.5. The van der Waals surface area contributed by atoms with E-state index in [-0.39, 0.29) is 17.0 Å². The summed E-state index contributed by atoms with van der Waals surface area (Å²) in [6.45, 7) is 3.56. The molecule has 140 valence electrons. The third-order valence-corrected chi connectivity index (χ3v) is 5.39. The summed E-state index contributed by atoms with van der Waals surface area (Å²) in [5.74, 6) is 0.0404. The van der Waals surface area contributed by atoms with Crippen LogP contribution in [-0.4, -0.2) is 19.5 Å². The minimum Gasteiger partial charge on any atom is -0.359 e. The Balaban J connectivity index is 1.77. The Morgan fingerprint density at radius 3 is 2.48 bits per heavy atom. The molecule has 0 aliphatic carbocycles. The van der Waals surface area contributed by atoms with Gasteiger partial charge >= 0.3 is 0 Å². The lowest BCUT2D eigenvalue weighted by molar-refractivity contribution is 0.102. The largest absolute Gasteiger partial charge is 0.359 e. The first-order valence-corrected chi connectivity index (χ1v) is 9.73. The fourth-order valence-corrected chi connectivity index (χ4v) is 3.57. The number of benzene rings is 2. The maximum atomic E-state index is 12.5. The highest BCUT2D eigenvalue weighted by atomic mass is 32.2. The average molecular weight is 385 g/mol. The number of nitrogens with one attached hydrogen (secondary N) is 2. The molecular weight excluding hydrogens is 366 g/mol. The number of sulfonamides is 1. The van der Waals surface area contributed by atoms with Crippen molar-refractivity contribution in [3.05, 3.63) is 77.2 Å². The van der Waals surface area contributed by atoms with E-state index in [2.05, 4.69) is 15.2 Å². The zero-order valence-electron chi connectivity index (χ0n) is 14.9. The van der Waals surface area contributed by atoms with Gasteiger partial charge in [0.15, 0.2) is 5.76 Å². The molecule has 0 aliphatic rings. The second kappa shape index (κ2) is 7.73. The third-order valence-electron chi connectivity index (χ3n) is 3.99. The lowest BCUT2D eigenvalue weighted by Gasteiger charge is -2.09. The molecule has 0 atom stereocenters. The molecule has 1 aromatic heterocycles. The molecule has 3 aromatic rings. The fraction of sp³-hybridized carbons (Fsp3) is 0.158. The Labute approximate surface area is 157 Å². The van der Waals surface area contributed by atoms with Gasteiger partial charge in [0, 0.05) is 12.1 Å². The van der Waals surface area contributed by atoms with Gasteiger partial charge < -0.3 is 9.84 Å². The number of nitrogens with zero attached hydrogens (tertiary/aromatic N) is 1. The highest BCUT2D eigenvalue weighted by molar-refractivity contribution is 7.89. The van der Waals surface area contributed by atoms with Crippen LogP contribution >= 0.6 is 0 Å². The molecule has 0 saturated heterocycles. The Hall–Kier alpha value is -2.97. The smallest absolute Gasteiger partial charge is 0.255 e. The van der Waals surface area contributed by atoms with Crippen LogP contribution in [0.1, 0.15) is 27.4 Å². The number of carbonyl (C=O) groups excluding carboxylic acids is 1. The van der Waals surface area contributed by atoms with E-state index in [1.165, 1.54) is 18.2 Å². The van der Waals surface area contributed by atoms with Crippen molar-refractivity contribution in [2.24, 2.45) is 0 Å². The molecule has 3 rings (SSSR count). The predicted molar refractivity (Wildman–Crippen MR) is 101 cm³/mol. The van der Waals surface area contributed by atoms with E-state index >= 15 is 0 Å². The van der Waals surface area contributed by atoms with Gasteiger partial charge in [-0.1, -0.05) is 41.6 Å². The first kappa shape index (κ1) is 18.8. The molecule has 0 spiro atoms. The fourth-order valence-electron chi connectivity index (χ4n) is 2.51. The standard InChI is InChI=1S/C19H19N3O4S/c1-13-18(14(2)26-22-13)21-19(23)16-9-6-10-17(11-16)27(24,25)20-12-15-7-4-3-5-8-15/h3-11,20H,12H2,1-2H3,(H,21,23). The highest BCUT2D eigenvalue weighted by Crippen LogP contribution is 2.20. The molecule has 0 bridgehead atoms. The zero-order chi connectivity index (χ0) is 19.4. The molecule has 8 heteroatoms. The van der Waals surface area contributed by atoms with Gasteiger partial charge in [-0.2, -0.15) is 0 Å². The molecule has 2 N–H and O–H groups in total. The minimum atomic E-state index is -3.75. The van der Waals surface area contributed by atoms with Crippen molar-refractivity contribution in [2.45, 2.75) is 25.3 Å². The molecule has 27 heavy (non-hydrogen) atoms. The molecule has 1 heterocycles. The van der Waals surface area contributed by atoms with E-state index in [0.29, 0.717) is 17.1 Å². The van der Waals surface area contributed by atoms with E-state index in [1.807, 2.05) is 30.3 Å². The van der Waals surface area contributed by atoms with Crippen LogP contribution in [-0.2, 0) is 16.6 Å². The van der Waals surface area contributed by atoms with Gasteiger partial charge in [0.05, 0.1) is 4.90 Å². The number of aromatic nitrogens is 1. The summed E-state index contributed by atoms with van der Waals surface area (Å²) < 4.78 is 32.6. The van der Waals surface area contributed by atoms with E-state index in [4.69, 9.17) is 4.52 Å². The van der Waals surface area contributed by atoms with Gasteiger partial charge in [-0.25, -0.2) is 13.1 Å². The van der Waals surface area contributed by atoms with Crippen LogP contribution in [0, 0.1) is 13.8 Å². The number of hydrogen-bond acceptors (Lipinski definition) is 5. The van der Waals surface area contributed by atoms with E-state index in [0.717, 1.165) is 5.56 Å². The predicted octanol–water partition coefficient (Wildman–Crippen LogP) is 3.02. The number of hydrogen-bond donors (Lipinski definition) is 2. The monoisotopic (exact) mass is 385 g/mol. The highest BCUT2D eigenvalue weighted by Gasteiger charge is 2.18. The molecule has 0 radical (unpaired) electrons. The summed E-state index contributed by atoms with van der Waals surface area (Å²) in [6, 6.07) is 15.0. The summed E-state index contributed by atoms with van der Waals surface area (Å²) in [5.41, 5.74) is 2.09. The minimum absolute atomic E-state index is 0.0184. The van der Waals surface area contributed by atoms with Gasteiger partial charge in [0.2, 0.25) is 10.0 Å². The van der Waals surface area contributed by atoms with E-state index in [9.17, 15) is 13.2 Å². The van der Waals surface area contributed by atoms with Gasteiger partial charge in [0.25, 0.3) is 5.91 Å². The molecule has 7 nitrogen and oxygen atoms in total. The number of carbonyl (C=O) groups is 1. The summed E-state index contributed by atoms with van der Waals surface area (Å²) in [5, 5.41) is 6.48. The number of rotatable bonds is 6. The van der Waals surface area contributed by atoms with Crippen molar-refractivity contribution in [3.8, 4) is 0 Å². The van der Waals surface area contributed by atoms with Crippen LogP contribution in [0.2, 0.25) is 0 Å². The molecular formula is C19H19N3O4S. The lowest BCUT2D eigenvalue weighted by atomic mass is 10.2. The molecule has 1 amide bonds. The lowest BCUT2D eigenvalue weighted by Crippen LogP contribution is -2.23. The Morgan fingerprint density at radius 1 is 1.07 bits per heavy atom. The van der Waals surface area contributed by atoms with Gasteiger partial charge in [-0.15, -0.1) is 0 Å². The first-order valence-electron chi connectivity index (χ1n) is 8.25. The molecule has 0 unspecified atom stereocenters. The molecule has 2 aromatic carbocycles. The second-order valence-corrected chi connectivity index (χ2v) is 7.76. The van der Waals surface area contributed by atoms with Crippen molar-refractivity contribution < 1.29 is 17.7 Å². The maximum Gasteiger partial charge on any atom is 0.255 e. The molecule has 0 aliphatic heterocycles. The van der Waals surface area contributed by atoms with Crippen molar-refractivity contribution >= 4 is 21.6 Å². The quantitative estimate of drug-likeness (QED) is 0.679. The van der Waals surface area contributed by atoms with Crippen molar-refractivity contribution in [1.82, 2.24) is 9.88 Å². The number of amides is 1. The van der Waals surface area contributed by atoms with Crippen molar-refractivity contribution in [1.29, 1.82) is 0 Å². The van der Waals surface area contributed by atoms with Crippen LogP contribution < -0.4 is 10.0 Å². The SMILES string of the molecule is Cc1noc(C)c1NC(=O)c1cccc(S(=O)(=O)NCc2ccccc2)c1. The van der Waals surface area contributed by atoms with E-state index < -0.39 is 15.9 Å². The van der Waals surface area contributed by atoms with Crippen LogP contribution in [0.15, 0.2) is 64.0 Å². The van der Waals surface area contributed by atoms with E-state index in [1.54, 1.807) is 19.9 Å². The van der Waals surface area contributed by atoms with Gasteiger partial charge in [-0.05, 0) is 37.6 Å². The van der Waals surface area contributed by atoms with Crippen LogP contribution in [0.5, 0.6) is 0 Å². The van der Waals surface area contributed by atoms with Gasteiger partial charge in [-0.3, -0.25) is 4.79 Å². The number of anilines is 1. The molecule has 0 saturated carbocycles. The second-order valence-electron chi connectivity index (χ2n) is 5.99. The normalized spacial score (nSPS) is 11.3. The van der Waals surface area contributed by atoms with Crippen LogP contribution in [0.4, 0.5) is 5.69 Å². The summed E-state index contributed by atoms with van der Waals surface area (Å²) in [6.07, 6.45) is 0. The third kappa shape index (κ3) is 4.42. The summed E-state index contributed by atoms with van der Waals surface area (Å²) in [7, 11) is -3.75. The zero-order valence-corrected chi connectivity index (χ0v) is 15.7. The van der Waals surface area contributed by atoms with Crippen molar-refractivity contribution in [2.75, 3.05) is 5.32 Å². The maximum absolute atomic E-state index is 12.5. The summed E-state index contributed by atoms with van der Waals surface area (Å²) >= 11 is 0. The van der Waals surface area contributed by atoms with Gasteiger partial charge in [0.1, 0.15) is 11.4 Å². The van der Waals surface area contributed by atoms with Crippen LogP contribution in [0.25, 0.3) is 0 Å². The molecule has 0 fully saturated rings. The Kier molecular flexibility index (Phi) is 5.38. The number of aryl methyl sites for hydroxylation is 2. The first-order chi connectivity index (χ1) is 12.9. The average Bonchev–Trinajstić information content (AvgIpc) is 2.99. The van der Waals surface area contributed by atoms with Crippen molar-refractivity contribution in [3.63, 3.8) is 0 Å².